The maximum Gasteiger partial charge on any atom is 0.318 e. The van der Waals surface area contributed by atoms with Crippen LogP contribution in [0.4, 0.5) is 4.79 Å². The first-order valence-corrected chi connectivity index (χ1v) is 7.10. The van der Waals surface area contributed by atoms with E-state index in [1.165, 1.54) is 0 Å². The molecule has 0 aliphatic carbocycles. The molecule has 0 aromatic heterocycles. The number of carboxylic acids is 1. The molecule has 2 fully saturated rings. The van der Waals surface area contributed by atoms with Crippen LogP contribution in [-0.4, -0.2) is 53.1 Å². The molecule has 2 aliphatic rings. The van der Waals surface area contributed by atoms with Crippen molar-refractivity contribution >= 4 is 17.9 Å². The van der Waals surface area contributed by atoms with Crippen LogP contribution < -0.4 is 10.6 Å². The van der Waals surface area contributed by atoms with E-state index in [4.69, 9.17) is 5.11 Å². The van der Waals surface area contributed by atoms with Crippen LogP contribution in [0.5, 0.6) is 0 Å². The van der Waals surface area contributed by atoms with Gasteiger partial charge in [0.05, 0.1) is 12.5 Å². The second-order valence-electron chi connectivity index (χ2n) is 5.39. The average Bonchev–Trinajstić information content (AvgIpc) is 3.00. The Labute approximate surface area is 117 Å². The summed E-state index contributed by atoms with van der Waals surface area (Å²) >= 11 is 0. The molecule has 3 atom stereocenters. The van der Waals surface area contributed by atoms with Gasteiger partial charge in [-0.25, -0.2) is 4.79 Å². The van der Waals surface area contributed by atoms with E-state index >= 15 is 0 Å². The number of hydrogen-bond donors (Lipinski definition) is 3. The van der Waals surface area contributed by atoms with E-state index in [1.807, 2.05) is 6.92 Å². The zero-order valence-corrected chi connectivity index (χ0v) is 11.6. The van der Waals surface area contributed by atoms with E-state index in [2.05, 4.69) is 10.6 Å². The number of amides is 3. The average molecular weight is 283 g/mol. The zero-order valence-electron chi connectivity index (χ0n) is 11.6. The standard InChI is InChI=1S/C13H21N3O4/c1-2-5-14-11(17)7-15-13(20)16-8-3-4-10(16)9(6-8)12(18)19/h8-10H,2-7H2,1H3,(H,14,17)(H,15,20)(H,18,19). The molecule has 2 bridgehead atoms. The highest BCUT2D eigenvalue weighted by Gasteiger charge is 2.51. The van der Waals surface area contributed by atoms with E-state index < -0.39 is 11.9 Å². The summed E-state index contributed by atoms with van der Waals surface area (Å²) in [5.41, 5.74) is 0. The summed E-state index contributed by atoms with van der Waals surface area (Å²) in [6.07, 6.45) is 2.95. The molecule has 0 spiro atoms. The fraction of sp³-hybridized carbons (Fsp3) is 0.769. The minimum Gasteiger partial charge on any atom is -0.481 e. The number of carboxylic acid groups (broad SMARTS) is 1. The Bertz CT molecular complexity index is 412. The monoisotopic (exact) mass is 283 g/mol. The third kappa shape index (κ3) is 2.86. The van der Waals surface area contributed by atoms with E-state index in [1.54, 1.807) is 4.90 Å². The molecule has 7 nitrogen and oxygen atoms in total. The summed E-state index contributed by atoms with van der Waals surface area (Å²) < 4.78 is 0. The van der Waals surface area contributed by atoms with Crippen molar-refractivity contribution in [2.75, 3.05) is 13.1 Å². The van der Waals surface area contributed by atoms with Crippen LogP contribution in [0.15, 0.2) is 0 Å². The van der Waals surface area contributed by atoms with Crippen molar-refractivity contribution in [1.82, 2.24) is 15.5 Å². The highest BCUT2D eigenvalue weighted by molar-refractivity contribution is 5.85. The lowest BCUT2D eigenvalue weighted by Gasteiger charge is -2.23. The fourth-order valence-corrected chi connectivity index (χ4v) is 3.14. The lowest BCUT2D eigenvalue weighted by Crippen LogP contribution is -2.47. The molecule has 7 heteroatoms. The molecule has 3 N–H and O–H groups in total. The van der Waals surface area contributed by atoms with E-state index in [9.17, 15) is 14.4 Å². The van der Waals surface area contributed by atoms with Gasteiger partial charge >= 0.3 is 12.0 Å². The molecule has 3 amide bonds. The van der Waals surface area contributed by atoms with Gasteiger partial charge in [-0.05, 0) is 25.7 Å². The molecule has 2 saturated heterocycles. The molecular weight excluding hydrogens is 262 g/mol. The summed E-state index contributed by atoms with van der Waals surface area (Å²) in [7, 11) is 0. The fourth-order valence-electron chi connectivity index (χ4n) is 3.14. The maximum absolute atomic E-state index is 12.1. The SMILES string of the molecule is CCCNC(=O)CNC(=O)N1C2CCC1C(C(=O)O)C2. The van der Waals surface area contributed by atoms with Crippen LogP contribution in [-0.2, 0) is 9.59 Å². The van der Waals surface area contributed by atoms with Crippen molar-refractivity contribution in [3.8, 4) is 0 Å². The van der Waals surface area contributed by atoms with Crippen LogP contribution in [0, 0.1) is 5.92 Å². The van der Waals surface area contributed by atoms with E-state index in [-0.39, 0.29) is 30.6 Å². The van der Waals surface area contributed by atoms with Gasteiger partial charge in [0.25, 0.3) is 0 Å². The van der Waals surface area contributed by atoms with Crippen LogP contribution in [0.2, 0.25) is 0 Å². The minimum atomic E-state index is -0.837. The quantitative estimate of drug-likeness (QED) is 0.669. The molecule has 112 valence electrons. The topological polar surface area (TPSA) is 98.7 Å². The number of nitrogens with one attached hydrogen (secondary N) is 2. The summed E-state index contributed by atoms with van der Waals surface area (Å²) in [5.74, 6) is -1.52. The van der Waals surface area contributed by atoms with Crippen LogP contribution >= 0.6 is 0 Å². The molecule has 0 radical (unpaired) electrons. The summed E-state index contributed by atoms with van der Waals surface area (Å²) in [5, 5.41) is 14.4. The molecular formula is C13H21N3O4. The number of nitrogens with zero attached hydrogens (tertiary/aromatic N) is 1. The second-order valence-corrected chi connectivity index (χ2v) is 5.39. The van der Waals surface area contributed by atoms with Gasteiger partial charge in [0.1, 0.15) is 0 Å². The van der Waals surface area contributed by atoms with Crippen molar-refractivity contribution in [1.29, 1.82) is 0 Å². The van der Waals surface area contributed by atoms with E-state index in [0.29, 0.717) is 13.0 Å². The summed E-state index contributed by atoms with van der Waals surface area (Å²) in [6.45, 7) is 2.48. The Morgan fingerprint density at radius 2 is 2.00 bits per heavy atom. The number of rotatable bonds is 5. The highest BCUT2D eigenvalue weighted by atomic mass is 16.4. The molecule has 20 heavy (non-hydrogen) atoms. The molecule has 0 aromatic carbocycles. The number of urea groups is 1. The van der Waals surface area contributed by atoms with Crippen molar-refractivity contribution in [2.45, 2.75) is 44.7 Å². The van der Waals surface area contributed by atoms with Crippen LogP contribution in [0.25, 0.3) is 0 Å². The molecule has 2 aliphatic heterocycles. The van der Waals surface area contributed by atoms with E-state index in [0.717, 1.165) is 19.3 Å². The number of carbonyl (C=O) groups is 3. The smallest absolute Gasteiger partial charge is 0.318 e. The van der Waals surface area contributed by atoms with Gasteiger partial charge in [0, 0.05) is 18.6 Å². The lowest BCUT2D eigenvalue weighted by atomic mass is 9.89. The van der Waals surface area contributed by atoms with Crippen LogP contribution in [0.3, 0.4) is 0 Å². The summed E-state index contributed by atoms with van der Waals surface area (Å²) in [6, 6.07) is -0.552. The van der Waals surface area contributed by atoms with Gasteiger partial charge in [-0.1, -0.05) is 6.92 Å². The second kappa shape index (κ2) is 6.11. The Hall–Kier alpha value is -1.79. The van der Waals surface area contributed by atoms with Gasteiger partial charge in [-0.2, -0.15) is 0 Å². The number of fused-ring (bicyclic) bond motifs is 2. The Balaban J connectivity index is 1.85. The van der Waals surface area contributed by atoms with Crippen molar-refractivity contribution in [3.05, 3.63) is 0 Å². The predicted octanol–water partition coefficient (Wildman–Crippen LogP) is 0.160. The lowest BCUT2D eigenvalue weighted by molar-refractivity contribution is -0.142. The van der Waals surface area contributed by atoms with Gasteiger partial charge in [0.15, 0.2) is 0 Å². The Kier molecular flexibility index (Phi) is 4.46. The first-order valence-electron chi connectivity index (χ1n) is 7.10. The molecule has 0 saturated carbocycles. The molecule has 3 unspecified atom stereocenters. The first-order chi connectivity index (χ1) is 9.54. The summed E-state index contributed by atoms with van der Waals surface area (Å²) in [4.78, 5) is 36.3. The molecule has 2 heterocycles. The first kappa shape index (κ1) is 14.6. The highest BCUT2D eigenvalue weighted by Crippen LogP contribution is 2.41. The van der Waals surface area contributed by atoms with Crippen LogP contribution in [0.1, 0.15) is 32.6 Å². The number of carbonyl (C=O) groups excluding carboxylic acids is 2. The largest absolute Gasteiger partial charge is 0.481 e. The molecule has 2 rings (SSSR count). The predicted molar refractivity (Wildman–Crippen MR) is 71.1 cm³/mol. The van der Waals surface area contributed by atoms with Crippen molar-refractivity contribution < 1.29 is 19.5 Å². The zero-order chi connectivity index (χ0) is 14.7. The Morgan fingerprint density at radius 1 is 1.25 bits per heavy atom. The number of aliphatic carboxylic acids is 1. The van der Waals surface area contributed by atoms with Gasteiger partial charge in [0.2, 0.25) is 5.91 Å². The normalized spacial score (nSPS) is 27.4. The van der Waals surface area contributed by atoms with Gasteiger partial charge < -0.3 is 20.6 Å². The van der Waals surface area contributed by atoms with Gasteiger partial charge in [-0.3, -0.25) is 9.59 Å². The number of hydrogen-bond acceptors (Lipinski definition) is 3. The third-order valence-electron chi connectivity index (χ3n) is 4.06. The van der Waals surface area contributed by atoms with Crippen molar-refractivity contribution in [2.24, 2.45) is 5.92 Å². The minimum absolute atomic E-state index is 0.000182. The molecule has 0 aromatic rings. The Morgan fingerprint density at radius 3 is 2.60 bits per heavy atom. The third-order valence-corrected chi connectivity index (χ3v) is 4.06. The maximum atomic E-state index is 12.1. The van der Waals surface area contributed by atoms with Gasteiger partial charge in [-0.15, -0.1) is 0 Å². The van der Waals surface area contributed by atoms with Crippen molar-refractivity contribution in [3.63, 3.8) is 0 Å².